The molecule has 1 fully saturated rings. The van der Waals surface area contributed by atoms with Crippen LogP contribution in [-0.4, -0.2) is 31.1 Å². The summed E-state index contributed by atoms with van der Waals surface area (Å²) in [5.41, 5.74) is 1.14. The SMILES string of the molecule is CC(c1ccc(F)cc1Br)N(C)CC1CCCCN1. The van der Waals surface area contributed by atoms with Gasteiger partial charge in [-0.1, -0.05) is 28.4 Å². The van der Waals surface area contributed by atoms with E-state index in [4.69, 9.17) is 0 Å². The van der Waals surface area contributed by atoms with Crippen LogP contribution < -0.4 is 5.32 Å². The molecule has 1 aromatic carbocycles. The third kappa shape index (κ3) is 4.01. The second kappa shape index (κ2) is 6.82. The van der Waals surface area contributed by atoms with Gasteiger partial charge in [-0.05, 0) is 51.1 Å². The fourth-order valence-corrected chi connectivity index (χ4v) is 3.35. The number of rotatable bonds is 4. The average Bonchev–Trinajstić information content (AvgIpc) is 2.39. The molecule has 4 heteroatoms. The second-order valence-electron chi connectivity index (χ2n) is 5.43. The molecule has 2 rings (SSSR count). The maximum absolute atomic E-state index is 13.1. The lowest BCUT2D eigenvalue weighted by Gasteiger charge is -2.32. The topological polar surface area (TPSA) is 15.3 Å². The standard InChI is InChI=1S/C15H22BrFN2/c1-11(14-7-6-12(17)9-15(14)16)19(2)10-13-5-3-4-8-18-13/h6-7,9,11,13,18H,3-5,8,10H2,1-2H3. The molecular weight excluding hydrogens is 307 g/mol. The van der Waals surface area contributed by atoms with Crippen molar-refractivity contribution in [3.05, 3.63) is 34.1 Å². The van der Waals surface area contributed by atoms with Gasteiger partial charge in [-0.25, -0.2) is 4.39 Å². The minimum Gasteiger partial charge on any atom is -0.313 e. The maximum atomic E-state index is 13.1. The zero-order valence-corrected chi connectivity index (χ0v) is 13.2. The van der Waals surface area contributed by atoms with Gasteiger partial charge in [0.1, 0.15) is 5.82 Å². The predicted octanol–water partition coefficient (Wildman–Crippen LogP) is 3.72. The van der Waals surface area contributed by atoms with Crippen molar-refractivity contribution < 1.29 is 4.39 Å². The van der Waals surface area contributed by atoms with E-state index in [1.807, 2.05) is 6.07 Å². The molecule has 2 nitrogen and oxygen atoms in total. The lowest BCUT2D eigenvalue weighted by molar-refractivity contribution is 0.214. The molecule has 0 saturated carbocycles. The van der Waals surface area contributed by atoms with E-state index in [1.165, 1.54) is 25.3 Å². The highest BCUT2D eigenvalue weighted by molar-refractivity contribution is 9.10. The van der Waals surface area contributed by atoms with E-state index >= 15 is 0 Å². The number of nitrogens with zero attached hydrogens (tertiary/aromatic N) is 1. The molecule has 2 unspecified atom stereocenters. The summed E-state index contributed by atoms with van der Waals surface area (Å²) in [6, 6.07) is 5.80. The first-order valence-corrected chi connectivity index (χ1v) is 7.76. The third-order valence-corrected chi connectivity index (χ3v) is 4.68. The molecule has 0 aromatic heterocycles. The highest BCUT2D eigenvalue weighted by atomic mass is 79.9. The van der Waals surface area contributed by atoms with Crippen molar-refractivity contribution in [1.82, 2.24) is 10.2 Å². The number of piperidine rings is 1. The van der Waals surface area contributed by atoms with Crippen molar-refractivity contribution in [2.45, 2.75) is 38.3 Å². The van der Waals surface area contributed by atoms with Crippen LogP contribution in [0.5, 0.6) is 0 Å². The number of likely N-dealkylation sites (N-methyl/N-ethyl adjacent to an activating group) is 1. The fraction of sp³-hybridized carbons (Fsp3) is 0.600. The van der Waals surface area contributed by atoms with Crippen LogP contribution >= 0.6 is 15.9 Å². The molecule has 1 aromatic rings. The Hall–Kier alpha value is -0.450. The van der Waals surface area contributed by atoms with Crippen molar-refractivity contribution >= 4 is 15.9 Å². The molecule has 1 aliphatic heterocycles. The lowest BCUT2D eigenvalue weighted by Crippen LogP contribution is -2.43. The first-order valence-electron chi connectivity index (χ1n) is 6.96. The Bertz CT molecular complexity index is 419. The first-order chi connectivity index (χ1) is 9.08. The number of halogens is 2. The van der Waals surface area contributed by atoms with E-state index in [-0.39, 0.29) is 11.9 Å². The summed E-state index contributed by atoms with van der Waals surface area (Å²) in [5, 5.41) is 3.57. The summed E-state index contributed by atoms with van der Waals surface area (Å²) in [6.07, 6.45) is 3.86. The number of nitrogens with one attached hydrogen (secondary N) is 1. The molecule has 106 valence electrons. The van der Waals surface area contributed by atoms with E-state index < -0.39 is 0 Å². The molecule has 19 heavy (non-hydrogen) atoms. The molecule has 0 aliphatic carbocycles. The van der Waals surface area contributed by atoms with Crippen LogP contribution in [-0.2, 0) is 0 Å². The van der Waals surface area contributed by atoms with Gasteiger partial charge in [0.05, 0.1) is 0 Å². The van der Waals surface area contributed by atoms with Crippen LogP contribution in [0.15, 0.2) is 22.7 Å². The normalized spacial score (nSPS) is 21.6. The van der Waals surface area contributed by atoms with Gasteiger partial charge in [0.15, 0.2) is 0 Å². The van der Waals surface area contributed by atoms with Crippen LogP contribution in [0.3, 0.4) is 0 Å². The maximum Gasteiger partial charge on any atom is 0.124 e. The van der Waals surface area contributed by atoms with Crippen LogP contribution in [0.1, 0.15) is 37.8 Å². The van der Waals surface area contributed by atoms with E-state index in [2.05, 4.69) is 40.1 Å². The van der Waals surface area contributed by atoms with Gasteiger partial charge < -0.3 is 5.32 Å². The minimum absolute atomic E-state index is 0.195. The van der Waals surface area contributed by atoms with E-state index in [1.54, 1.807) is 6.07 Å². The zero-order valence-electron chi connectivity index (χ0n) is 11.6. The van der Waals surface area contributed by atoms with Crippen LogP contribution in [0.4, 0.5) is 4.39 Å². The average molecular weight is 329 g/mol. The Morgan fingerprint density at radius 3 is 2.89 bits per heavy atom. The molecule has 1 saturated heterocycles. The van der Waals surface area contributed by atoms with Gasteiger partial charge in [-0.3, -0.25) is 4.90 Å². The molecule has 0 radical (unpaired) electrons. The summed E-state index contributed by atoms with van der Waals surface area (Å²) in [6.45, 7) is 4.33. The van der Waals surface area contributed by atoms with Crippen molar-refractivity contribution in [1.29, 1.82) is 0 Å². The number of benzene rings is 1. The highest BCUT2D eigenvalue weighted by Gasteiger charge is 2.20. The molecule has 0 bridgehead atoms. The van der Waals surface area contributed by atoms with Crippen molar-refractivity contribution in [2.75, 3.05) is 20.1 Å². The van der Waals surface area contributed by atoms with Crippen molar-refractivity contribution in [2.24, 2.45) is 0 Å². The largest absolute Gasteiger partial charge is 0.313 e. The summed E-state index contributed by atoms with van der Waals surface area (Å²) in [5.74, 6) is -0.195. The minimum atomic E-state index is -0.195. The summed E-state index contributed by atoms with van der Waals surface area (Å²) in [4.78, 5) is 2.33. The second-order valence-corrected chi connectivity index (χ2v) is 6.28. The monoisotopic (exact) mass is 328 g/mol. The Morgan fingerprint density at radius 1 is 1.47 bits per heavy atom. The molecule has 2 atom stereocenters. The summed E-state index contributed by atoms with van der Waals surface area (Å²) in [7, 11) is 2.14. The Kier molecular flexibility index (Phi) is 5.37. The van der Waals surface area contributed by atoms with Gasteiger partial charge in [0.2, 0.25) is 0 Å². The van der Waals surface area contributed by atoms with Gasteiger partial charge in [0.25, 0.3) is 0 Å². The van der Waals surface area contributed by atoms with Crippen molar-refractivity contribution in [3.63, 3.8) is 0 Å². The fourth-order valence-electron chi connectivity index (χ4n) is 2.66. The summed E-state index contributed by atoms with van der Waals surface area (Å²) >= 11 is 3.46. The molecule has 0 spiro atoms. The molecule has 1 heterocycles. The van der Waals surface area contributed by atoms with E-state index in [9.17, 15) is 4.39 Å². The summed E-state index contributed by atoms with van der Waals surface area (Å²) < 4.78 is 14.0. The molecule has 0 amide bonds. The quantitative estimate of drug-likeness (QED) is 0.906. The molecule has 1 N–H and O–H groups in total. The van der Waals surface area contributed by atoms with Crippen LogP contribution in [0.25, 0.3) is 0 Å². The number of hydrogen-bond acceptors (Lipinski definition) is 2. The van der Waals surface area contributed by atoms with Gasteiger partial charge in [0, 0.05) is 23.1 Å². The lowest BCUT2D eigenvalue weighted by atomic mass is 10.0. The van der Waals surface area contributed by atoms with E-state index in [0.29, 0.717) is 6.04 Å². The van der Waals surface area contributed by atoms with Gasteiger partial charge in [-0.2, -0.15) is 0 Å². The molecular formula is C15H22BrFN2. The first kappa shape index (κ1) is 14.9. The Labute approximate surface area is 123 Å². The highest BCUT2D eigenvalue weighted by Crippen LogP contribution is 2.28. The van der Waals surface area contributed by atoms with E-state index in [0.717, 1.165) is 23.1 Å². The van der Waals surface area contributed by atoms with Crippen molar-refractivity contribution in [3.8, 4) is 0 Å². The zero-order chi connectivity index (χ0) is 13.8. The van der Waals surface area contributed by atoms with Gasteiger partial charge in [-0.15, -0.1) is 0 Å². The predicted molar refractivity (Wildman–Crippen MR) is 80.8 cm³/mol. The third-order valence-electron chi connectivity index (χ3n) is 3.99. The van der Waals surface area contributed by atoms with Crippen LogP contribution in [0, 0.1) is 5.82 Å². The van der Waals surface area contributed by atoms with Crippen LogP contribution in [0.2, 0.25) is 0 Å². The number of hydrogen-bond donors (Lipinski definition) is 1. The molecule has 1 aliphatic rings. The Morgan fingerprint density at radius 2 is 2.26 bits per heavy atom. The Balaban J connectivity index is 1.99. The van der Waals surface area contributed by atoms with Gasteiger partial charge >= 0.3 is 0 Å². The smallest absolute Gasteiger partial charge is 0.124 e.